The first-order chi connectivity index (χ1) is 27.2. The van der Waals surface area contributed by atoms with Crippen LogP contribution in [-0.4, -0.2) is 9.97 Å². The van der Waals surface area contributed by atoms with Crippen molar-refractivity contribution in [3.8, 4) is 78.4 Å². The van der Waals surface area contributed by atoms with Gasteiger partial charge in [0.2, 0.25) is 0 Å². The van der Waals surface area contributed by atoms with Crippen molar-refractivity contribution < 1.29 is 0 Å². The van der Waals surface area contributed by atoms with Gasteiger partial charge in [-0.15, -0.1) is 11.3 Å². The van der Waals surface area contributed by atoms with Crippen LogP contribution in [0.1, 0.15) is 0 Å². The van der Waals surface area contributed by atoms with Crippen molar-refractivity contribution in [2.45, 2.75) is 0 Å². The zero-order valence-electron chi connectivity index (χ0n) is 29.9. The molecule has 55 heavy (non-hydrogen) atoms. The van der Waals surface area contributed by atoms with Crippen LogP contribution in [0.25, 0.3) is 98.6 Å². The highest BCUT2D eigenvalue weighted by molar-refractivity contribution is 7.25. The maximum absolute atomic E-state index is 5.36. The van der Waals surface area contributed by atoms with Crippen LogP contribution in [0.2, 0.25) is 0 Å². The van der Waals surface area contributed by atoms with Gasteiger partial charge in [-0.2, -0.15) is 0 Å². The maximum Gasteiger partial charge on any atom is 0.160 e. The third-order valence-electron chi connectivity index (χ3n) is 10.3. The third kappa shape index (κ3) is 6.52. The van der Waals surface area contributed by atoms with Gasteiger partial charge in [0, 0.05) is 36.9 Å². The lowest BCUT2D eigenvalue weighted by Crippen LogP contribution is -1.97. The maximum atomic E-state index is 5.36. The summed E-state index contributed by atoms with van der Waals surface area (Å²) in [6.07, 6.45) is 0. The Morgan fingerprint density at radius 3 is 1.36 bits per heavy atom. The molecule has 0 saturated carbocycles. The second kappa shape index (κ2) is 14.1. The molecule has 0 atom stereocenters. The number of hydrogen-bond donors (Lipinski definition) is 0. The van der Waals surface area contributed by atoms with Gasteiger partial charge in [-0.25, -0.2) is 9.97 Å². The topological polar surface area (TPSA) is 25.8 Å². The summed E-state index contributed by atoms with van der Waals surface area (Å²) in [5, 5.41) is 2.58. The third-order valence-corrected chi connectivity index (χ3v) is 11.4. The Labute approximate surface area is 324 Å². The van der Waals surface area contributed by atoms with E-state index in [0.29, 0.717) is 5.82 Å². The molecule has 8 aromatic carbocycles. The van der Waals surface area contributed by atoms with Gasteiger partial charge in [-0.3, -0.25) is 0 Å². The van der Waals surface area contributed by atoms with Crippen LogP contribution in [-0.2, 0) is 0 Å². The Hall–Kier alpha value is -6.94. The number of thiophene rings is 1. The van der Waals surface area contributed by atoms with Gasteiger partial charge in [-0.05, 0) is 99.1 Å². The van der Waals surface area contributed by atoms with Crippen LogP contribution >= 0.6 is 11.3 Å². The number of fused-ring (bicyclic) bond motifs is 3. The predicted molar refractivity (Wildman–Crippen MR) is 233 cm³/mol. The molecule has 10 rings (SSSR count). The molecule has 0 aliphatic rings. The van der Waals surface area contributed by atoms with Crippen LogP contribution < -0.4 is 0 Å². The molecule has 0 aliphatic heterocycles. The van der Waals surface area contributed by atoms with Gasteiger partial charge < -0.3 is 0 Å². The van der Waals surface area contributed by atoms with Crippen molar-refractivity contribution in [3.63, 3.8) is 0 Å². The lowest BCUT2D eigenvalue weighted by Gasteiger charge is -2.14. The molecule has 0 fully saturated rings. The summed E-state index contributed by atoms with van der Waals surface area (Å²) in [4.78, 5) is 10.6. The zero-order valence-corrected chi connectivity index (χ0v) is 30.7. The summed E-state index contributed by atoms with van der Waals surface area (Å²) in [5.74, 6) is 0.688. The summed E-state index contributed by atoms with van der Waals surface area (Å²) < 4.78 is 2.60. The van der Waals surface area contributed by atoms with Gasteiger partial charge in [-0.1, -0.05) is 152 Å². The van der Waals surface area contributed by atoms with Crippen LogP contribution in [0.3, 0.4) is 0 Å². The summed E-state index contributed by atoms with van der Waals surface area (Å²) in [6, 6.07) is 73.5. The summed E-state index contributed by atoms with van der Waals surface area (Å²) >= 11 is 1.85. The Morgan fingerprint density at radius 1 is 0.255 bits per heavy atom. The van der Waals surface area contributed by atoms with E-state index in [1.165, 1.54) is 31.3 Å². The Morgan fingerprint density at radius 2 is 0.691 bits per heavy atom. The normalized spacial score (nSPS) is 11.3. The molecule has 0 aliphatic carbocycles. The minimum absolute atomic E-state index is 0.688. The van der Waals surface area contributed by atoms with Crippen molar-refractivity contribution >= 4 is 31.5 Å². The quantitative estimate of drug-likeness (QED) is 0.164. The zero-order chi connectivity index (χ0) is 36.6. The SMILES string of the molecule is c1ccc(-c2cccc(-c3cc(-c4cc(-c5ccccc5)cc(-c5ccc6sc7ccccc7c6c5)c4)nc(-c4cccc(-c5ccccc5)c4)n3)c2)cc1. The lowest BCUT2D eigenvalue weighted by molar-refractivity contribution is 1.18. The molecule has 0 saturated heterocycles. The number of aromatic nitrogens is 2. The highest BCUT2D eigenvalue weighted by atomic mass is 32.1. The highest BCUT2D eigenvalue weighted by Gasteiger charge is 2.16. The first-order valence-corrected chi connectivity index (χ1v) is 19.4. The lowest BCUT2D eigenvalue weighted by atomic mass is 9.93. The molecule has 2 heterocycles. The fourth-order valence-electron chi connectivity index (χ4n) is 7.47. The van der Waals surface area contributed by atoms with Gasteiger partial charge in [0.25, 0.3) is 0 Å². The molecule has 2 nitrogen and oxygen atoms in total. The van der Waals surface area contributed by atoms with E-state index in [0.717, 1.165) is 61.5 Å². The molecular weight excluding hydrogens is 685 g/mol. The Kier molecular flexibility index (Phi) is 8.40. The first-order valence-electron chi connectivity index (χ1n) is 18.6. The van der Waals surface area contributed by atoms with E-state index in [-0.39, 0.29) is 0 Å². The summed E-state index contributed by atoms with van der Waals surface area (Å²) in [6.45, 7) is 0. The minimum atomic E-state index is 0.688. The molecule has 0 unspecified atom stereocenters. The second-order valence-electron chi connectivity index (χ2n) is 13.8. The molecule has 258 valence electrons. The first kappa shape index (κ1) is 32.7. The van der Waals surface area contributed by atoms with Gasteiger partial charge in [0.05, 0.1) is 11.4 Å². The molecule has 10 aromatic rings. The monoisotopic (exact) mass is 718 g/mol. The van der Waals surface area contributed by atoms with Gasteiger partial charge in [0.1, 0.15) is 0 Å². The highest BCUT2D eigenvalue weighted by Crippen LogP contribution is 2.39. The van der Waals surface area contributed by atoms with E-state index < -0.39 is 0 Å². The van der Waals surface area contributed by atoms with Crippen molar-refractivity contribution in [2.75, 3.05) is 0 Å². The number of benzene rings is 8. The number of hydrogen-bond acceptors (Lipinski definition) is 3. The van der Waals surface area contributed by atoms with E-state index in [4.69, 9.17) is 9.97 Å². The fourth-order valence-corrected chi connectivity index (χ4v) is 8.56. The van der Waals surface area contributed by atoms with E-state index in [1.807, 2.05) is 17.4 Å². The average Bonchev–Trinajstić information content (AvgIpc) is 3.65. The summed E-state index contributed by atoms with van der Waals surface area (Å²) in [5.41, 5.74) is 14.0. The number of rotatable bonds is 7. The Balaban J connectivity index is 1.18. The average molecular weight is 719 g/mol. The smallest absolute Gasteiger partial charge is 0.160 e. The Bertz CT molecular complexity index is 2870. The number of nitrogens with zero attached hydrogens (tertiary/aromatic N) is 2. The summed E-state index contributed by atoms with van der Waals surface area (Å²) in [7, 11) is 0. The molecule has 2 aromatic heterocycles. The molecule has 0 bridgehead atoms. The fraction of sp³-hybridized carbons (Fsp3) is 0. The van der Waals surface area contributed by atoms with Crippen LogP contribution in [0, 0.1) is 0 Å². The van der Waals surface area contributed by atoms with E-state index in [2.05, 4.69) is 200 Å². The molecule has 0 N–H and O–H groups in total. The molecular formula is C52H34N2S. The van der Waals surface area contributed by atoms with Crippen molar-refractivity contribution in [1.29, 1.82) is 0 Å². The van der Waals surface area contributed by atoms with Crippen molar-refractivity contribution in [1.82, 2.24) is 9.97 Å². The van der Waals surface area contributed by atoms with Gasteiger partial charge in [0.15, 0.2) is 5.82 Å². The molecule has 0 spiro atoms. The molecule has 0 radical (unpaired) electrons. The molecule has 0 amide bonds. The minimum Gasteiger partial charge on any atom is -0.228 e. The largest absolute Gasteiger partial charge is 0.228 e. The van der Waals surface area contributed by atoms with E-state index >= 15 is 0 Å². The predicted octanol–water partition coefficient (Wildman–Crippen LogP) is 14.5. The second-order valence-corrected chi connectivity index (χ2v) is 14.9. The standard InChI is InChI=1S/C52H34N2S/c1-4-14-35(15-5-1)38-20-12-22-41(28-38)48-34-49(54-52(53-48)42-23-13-21-39(29-42)36-16-6-2-7-17-36)45-31-43(37-18-8-3-9-19-37)30-44(32-45)40-26-27-51-47(33-40)46-24-10-11-25-50(46)55-51/h1-34H. The van der Waals surface area contributed by atoms with E-state index in [9.17, 15) is 0 Å². The van der Waals surface area contributed by atoms with Gasteiger partial charge >= 0.3 is 0 Å². The van der Waals surface area contributed by atoms with Crippen LogP contribution in [0.4, 0.5) is 0 Å². The van der Waals surface area contributed by atoms with Crippen LogP contribution in [0.5, 0.6) is 0 Å². The van der Waals surface area contributed by atoms with E-state index in [1.54, 1.807) is 0 Å². The van der Waals surface area contributed by atoms with Crippen LogP contribution in [0.15, 0.2) is 206 Å². The molecule has 3 heteroatoms. The van der Waals surface area contributed by atoms with Crippen molar-refractivity contribution in [2.24, 2.45) is 0 Å². The van der Waals surface area contributed by atoms with Crippen molar-refractivity contribution in [3.05, 3.63) is 206 Å².